The number of fused-ring (bicyclic) bond motifs is 1. The quantitative estimate of drug-likeness (QED) is 0.684. The number of hydrogen-bond acceptors (Lipinski definition) is 6. The van der Waals surface area contributed by atoms with E-state index in [4.69, 9.17) is 19.9 Å². The number of rotatable bonds is 6. The third-order valence-electron chi connectivity index (χ3n) is 2.71. The molecule has 1 unspecified atom stereocenters. The fourth-order valence-corrected chi connectivity index (χ4v) is 1.60. The maximum atomic E-state index is 11.2. The Kier molecular flexibility index (Phi) is 6.54. The monoisotopic (exact) mass is 318 g/mol. The molecule has 0 aliphatic carbocycles. The molecule has 1 amide bonds. The van der Waals surface area contributed by atoms with Gasteiger partial charge in [0.2, 0.25) is 12.7 Å². The summed E-state index contributed by atoms with van der Waals surface area (Å²) in [6, 6.07) is 4.55. The maximum Gasteiger partial charge on any atom is 0.236 e. The van der Waals surface area contributed by atoms with E-state index in [1.165, 1.54) is 0 Å². The van der Waals surface area contributed by atoms with Crippen molar-refractivity contribution in [1.82, 2.24) is 5.32 Å². The predicted octanol–water partition coefficient (Wildman–Crippen LogP) is 0.0402. The highest BCUT2D eigenvalue weighted by molar-refractivity contribution is 5.85. The van der Waals surface area contributed by atoms with Crippen LogP contribution in [0.5, 0.6) is 17.2 Å². The summed E-state index contributed by atoms with van der Waals surface area (Å²) in [6.45, 7) is 1.92. The SMILES string of the molecule is C[C@H](N)C(=O)NCC(O)COc1ccc2c(c1)OCO2.Cl. The van der Waals surface area contributed by atoms with Crippen molar-refractivity contribution < 1.29 is 24.1 Å². The predicted molar refractivity (Wildman–Crippen MR) is 78.0 cm³/mol. The maximum absolute atomic E-state index is 11.2. The first-order valence-electron chi connectivity index (χ1n) is 6.30. The van der Waals surface area contributed by atoms with E-state index in [2.05, 4.69) is 5.32 Å². The average Bonchev–Trinajstić information content (AvgIpc) is 2.89. The normalized spacial score (nSPS) is 14.8. The molecule has 2 rings (SSSR count). The van der Waals surface area contributed by atoms with E-state index in [0.717, 1.165) is 0 Å². The molecule has 21 heavy (non-hydrogen) atoms. The zero-order valence-corrected chi connectivity index (χ0v) is 12.4. The van der Waals surface area contributed by atoms with Gasteiger partial charge >= 0.3 is 0 Å². The Labute approximate surface area is 128 Å². The van der Waals surface area contributed by atoms with Crippen LogP contribution in [0.2, 0.25) is 0 Å². The second-order valence-electron chi connectivity index (χ2n) is 4.51. The molecule has 0 radical (unpaired) electrons. The van der Waals surface area contributed by atoms with Crippen LogP contribution in [-0.4, -0.2) is 43.1 Å². The fourth-order valence-electron chi connectivity index (χ4n) is 1.60. The molecule has 1 aliphatic rings. The van der Waals surface area contributed by atoms with Gasteiger partial charge in [0.25, 0.3) is 0 Å². The van der Waals surface area contributed by atoms with Crippen molar-refractivity contribution in [2.45, 2.75) is 19.1 Å². The number of carbonyl (C=O) groups excluding carboxylic acids is 1. The van der Waals surface area contributed by atoms with Gasteiger partial charge in [-0.2, -0.15) is 0 Å². The Bertz CT molecular complexity index is 484. The summed E-state index contributed by atoms with van der Waals surface area (Å²) in [5, 5.41) is 12.2. The van der Waals surface area contributed by atoms with Crippen LogP contribution < -0.4 is 25.3 Å². The first-order valence-corrected chi connectivity index (χ1v) is 6.30. The first kappa shape index (κ1) is 17.4. The van der Waals surface area contributed by atoms with E-state index in [0.29, 0.717) is 17.2 Å². The summed E-state index contributed by atoms with van der Waals surface area (Å²) < 4.78 is 15.8. The molecule has 0 fully saturated rings. The molecule has 118 valence electrons. The van der Waals surface area contributed by atoms with Crippen molar-refractivity contribution in [2.75, 3.05) is 19.9 Å². The topological polar surface area (TPSA) is 103 Å². The van der Waals surface area contributed by atoms with E-state index < -0.39 is 12.1 Å². The summed E-state index contributed by atoms with van der Waals surface area (Å²) in [5.74, 6) is 1.53. The van der Waals surface area contributed by atoms with Crippen LogP contribution in [0.1, 0.15) is 6.92 Å². The van der Waals surface area contributed by atoms with E-state index >= 15 is 0 Å². The lowest BCUT2D eigenvalue weighted by molar-refractivity contribution is -0.122. The zero-order valence-electron chi connectivity index (χ0n) is 11.6. The molecule has 2 atom stereocenters. The van der Waals surface area contributed by atoms with Crippen LogP contribution in [0, 0.1) is 0 Å². The summed E-state index contributed by atoms with van der Waals surface area (Å²) in [7, 11) is 0. The van der Waals surface area contributed by atoms with Gasteiger partial charge < -0.3 is 30.4 Å². The Balaban J connectivity index is 0.00000220. The van der Waals surface area contributed by atoms with Gasteiger partial charge in [-0.25, -0.2) is 0 Å². The molecule has 8 heteroatoms. The lowest BCUT2D eigenvalue weighted by Gasteiger charge is -2.14. The Hall–Kier alpha value is -1.70. The van der Waals surface area contributed by atoms with Crippen LogP contribution in [0.15, 0.2) is 18.2 Å². The fraction of sp³-hybridized carbons (Fsp3) is 0.462. The number of ether oxygens (including phenoxy) is 3. The summed E-state index contributed by atoms with van der Waals surface area (Å²) in [4.78, 5) is 11.2. The third-order valence-corrected chi connectivity index (χ3v) is 2.71. The molecular weight excluding hydrogens is 300 g/mol. The van der Waals surface area contributed by atoms with E-state index in [-0.39, 0.29) is 38.3 Å². The number of carbonyl (C=O) groups is 1. The van der Waals surface area contributed by atoms with Crippen LogP contribution in [-0.2, 0) is 4.79 Å². The highest BCUT2D eigenvalue weighted by atomic mass is 35.5. The van der Waals surface area contributed by atoms with Gasteiger partial charge in [-0.05, 0) is 19.1 Å². The van der Waals surface area contributed by atoms with Crippen molar-refractivity contribution in [3.63, 3.8) is 0 Å². The molecule has 1 aliphatic heterocycles. The average molecular weight is 319 g/mol. The van der Waals surface area contributed by atoms with Gasteiger partial charge in [-0.15, -0.1) is 12.4 Å². The number of hydrogen-bond donors (Lipinski definition) is 3. The van der Waals surface area contributed by atoms with E-state index in [9.17, 15) is 9.90 Å². The van der Waals surface area contributed by atoms with Gasteiger partial charge in [0, 0.05) is 12.6 Å². The molecule has 0 bridgehead atoms. The minimum atomic E-state index is -0.817. The minimum absolute atomic E-state index is 0. The number of nitrogens with two attached hydrogens (primary N) is 1. The molecule has 0 spiro atoms. The van der Waals surface area contributed by atoms with Gasteiger partial charge in [0.05, 0.1) is 6.04 Å². The van der Waals surface area contributed by atoms with Gasteiger partial charge in [-0.1, -0.05) is 0 Å². The van der Waals surface area contributed by atoms with Gasteiger partial charge in [0.15, 0.2) is 11.5 Å². The standard InChI is InChI=1S/C13H18N2O5.ClH/c1-8(14)13(17)15-5-9(16)6-18-10-2-3-11-12(4-10)20-7-19-11;/h2-4,8-9,16H,5-7,14H2,1H3,(H,15,17);1H/t8-,9?;/m0./s1. The Morgan fingerprint density at radius 3 is 2.90 bits per heavy atom. The third kappa shape index (κ3) is 4.96. The molecule has 7 nitrogen and oxygen atoms in total. The second kappa shape index (κ2) is 7.92. The van der Waals surface area contributed by atoms with E-state index in [1.54, 1.807) is 25.1 Å². The van der Waals surface area contributed by atoms with Crippen molar-refractivity contribution in [2.24, 2.45) is 5.73 Å². The summed E-state index contributed by atoms with van der Waals surface area (Å²) in [6.07, 6.45) is -0.817. The van der Waals surface area contributed by atoms with Crippen molar-refractivity contribution >= 4 is 18.3 Å². The lowest BCUT2D eigenvalue weighted by Crippen LogP contribution is -2.42. The Morgan fingerprint density at radius 1 is 1.48 bits per heavy atom. The molecule has 0 saturated heterocycles. The molecule has 4 N–H and O–H groups in total. The van der Waals surface area contributed by atoms with Crippen LogP contribution in [0.25, 0.3) is 0 Å². The number of benzene rings is 1. The number of amides is 1. The second-order valence-corrected chi connectivity index (χ2v) is 4.51. The molecule has 1 aromatic rings. The summed E-state index contributed by atoms with van der Waals surface area (Å²) >= 11 is 0. The number of nitrogens with one attached hydrogen (secondary N) is 1. The highest BCUT2D eigenvalue weighted by Gasteiger charge is 2.15. The Morgan fingerprint density at radius 2 is 2.19 bits per heavy atom. The number of aliphatic hydroxyl groups is 1. The highest BCUT2D eigenvalue weighted by Crippen LogP contribution is 2.35. The van der Waals surface area contributed by atoms with Crippen molar-refractivity contribution in [3.05, 3.63) is 18.2 Å². The van der Waals surface area contributed by atoms with Crippen molar-refractivity contribution in [1.29, 1.82) is 0 Å². The smallest absolute Gasteiger partial charge is 0.236 e. The molecule has 1 heterocycles. The summed E-state index contributed by atoms with van der Waals surface area (Å²) in [5.41, 5.74) is 5.39. The minimum Gasteiger partial charge on any atom is -0.491 e. The van der Waals surface area contributed by atoms with Gasteiger partial charge in [-0.3, -0.25) is 4.79 Å². The van der Waals surface area contributed by atoms with Crippen LogP contribution in [0.3, 0.4) is 0 Å². The van der Waals surface area contributed by atoms with Crippen molar-refractivity contribution in [3.8, 4) is 17.2 Å². The first-order chi connectivity index (χ1) is 9.56. The van der Waals surface area contributed by atoms with Crippen LogP contribution in [0.4, 0.5) is 0 Å². The largest absolute Gasteiger partial charge is 0.491 e. The van der Waals surface area contributed by atoms with Crippen LogP contribution >= 0.6 is 12.4 Å². The van der Waals surface area contributed by atoms with E-state index in [1.807, 2.05) is 0 Å². The molecule has 1 aromatic carbocycles. The zero-order chi connectivity index (χ0) is 14.5. The van der Waals surface area contributed by atoms with Gasteiger partial charge in [0.1, 0.15) is 18.5 Å². The lowest BCUT2D eigenvalue weighted by atomic mass is 10.3. The number of halogens is 1. The molecular formula is C13H19ClN2O5. The molecule has 0 saturated carbocycles. The number of aliphatic hydroxyl groups excluding tert-OH is 1. The molecule has 0 aromatic heterocycles.